The third-order valence-corrected chi connectivity index (χ3v) is 3.95. The van der Waals surface area contributed by atoms with Crippen LogP contribution in [0, 0.1) is 0 Å². The molecule has 0 aliphatic carbocycles. The Balaban J connectivity index is 1.89. The third kappa shape index (κ3) is 5.78. The van der Waals surface area contributed by atoms with Crippen molar-refractivity contribution in [3.8, 4) is 11.3 Å². The van der Waals surface area contributed by atoms with Crippen LogP contribution < -0.4 is 10.6 Å². The van der Waals surface area contributed by atoms with Crippen LogP contribution in [0.3, 0.4) is 0 Å². The molecule has 0 fully saturated rings. The smallest absolute Gasteiger partial charge is 0.338 e. The Morgan fingerprint density at radius 1 is 1.00 bits per heavy atom. The van der Waals surface area contributed by atoms with Crippen molar-refractivity contribution in [2.24, 2.45) is 0 Å². The highest BCUT2D eigenvalue weighted by Gasteiger charge is 2.14. The number of aromatic nitrogens is 2. The fourth-order valence-electron chi connectivity index (χ4n) is 2.71. The number of rotatable bonds is 6. The quantitative estimate of drug-likeness (QED) is 0.558. The maximum Gasteiger partial charge on any atom is 0.338 e. The molecule has 0 unspecified atom stereocenters. The Kier molecular flexibility index (Phi) is 6.12. The minimum atomic E-state index is -0.330. The number of nitrogens with one attached hydrogen (secondary N) is 2. The van der Waals surface area contributed by atoms with E-state index in [-0.39, 0.29) is 11.5 Å². The number of anilines is 3. The Labute approximate surface area is 171 Å². The van der Waals surface area contributed by atoms with Crippen molar-refractivity contribution in [2.45, 2.75) is 33.2 Å². The lowest BCUT2D eigenvalue weighted by Crippen LogP contribution is -2.27. The number of esters is 1. The van der Waals surface area contributed by atoms with Gasteiger partial charge in [0, 0.05) is 22.9 Å². The Bertz CT molecular complexity index is 964. The van der Waals surface area contributed by atoms with Gasteiger partial charge in [-0.3, -0.25) is 0 Å². The van der Waals surface area contributed by atoms with Gasteiger partial charge in [0.15, 0.2) is 0 Å². The summed E-state index contributed by atoms with van der Waals surface area (Å²) in [5.41, 5.74) is 2.98. The van der Waals surface area contributed by atoms with Crippen LogP contribution in [0.2, 0.25) is 0 Å². The van der Waals surface area contributed by atoms with Crippen molar-refractivity contribution < 1.29 is 9.53 Å². The van der Waals surface area contributed by atoms with Crippen LogP contribution in [0.4, 0.5) is 17.5 Å². The van der Waals surface area contributed by atoms with E-state index >= 15 is 0 Å². The van der Waals surface area contributed by atoms with E-state index in [0.717, 1.165) is 16.9 Å². The molecule has 2 N–H and O–H groups in total. The van der Waals surface area contributed by atoms with Crippen LogP contribution in [-0.4, -0.2) is 28.1 Å². The fourth-order valence-corrected chi connectivity index (χ4v) is 2.71. The molecule has 29 heavy (non-hydrogen) atoms. The zero-order valence-corrected chi connectivity index (χ0v) is 17.2. The number of carbonyl (C=O) groups excluding carboxylic acids is 1. The lowest BCUT2D eigenvalue weighted by molar-refractivity contribution is 0.0526. The fraction of sp³-hybridized carbons (Fsp3) is 0.261. The molecule has 2 aromatic carbocycles. The van der Waals surface area contributed by atoms with Crippen molar-refractivity contribution in [3.63, 3.8) is 0 Å². The highest BCUT2D eigenvalue weighted by atomic mass is 16.5. The van der Waals surface area contributed by atoms with E-state index in [0.29, 0.717) is 23.9 Å². The molecule has 0 atom stereocenters. The number of nitrogens with zero attached hydrogens (tertiary/aromatic N) is 2. The third-order valence-electron chi connectivity index (χ3n) is 3.95. The number of ether oxygens (including phenoxy) is 1. The van der Waals surface area contributed by atoms with Gasteiger partial charge in [-0.25, -0.2) is 9.78 Å². The van der Waals surface area contributed by atoms with Gasteiger partial charge in [0.1, 0.15) is 5.82 Å². The number of hydrogen-bond donors (Lipinski definition) is 2. The molecule has 3 aromatic rings. The lowest BCUT2D eigenvalue weighted by atomic mass is 10.1. The van der Waals surface area contributed by atoms with Crippen LogP contribution in [0.1, 0.15) is 38.1 Å². The molecule has 6 heteroatoms. The van der Waals surface area contributed by atoms with Gasteiger partial charge in [0.25, 0.3) is 0 Å². The van der Waals surface area contributed by atoms with Gasteiger partial charge in [-0.2, -0.15) is 4.98 Å². The summed E-state index contributed by atoms with van der Waals surface area (Å²) in [5, 5.41) is 6.63. The van der Waals surface area contributed by atoms with Gasteiger partial charge >= 0.3 is 5.97 Å². The molecule has 0 saturated carbocycles. The van der Waals surface area contributed by atoms with Gasteiger partial charge < -0.3 is 15.4 Å². The summed E-state index contributed by atoms with van der Waals surface area (Å²) >= 11 is 0. The van der Waals surface area contributed by atoms with Crippen molar-refractivity contribution in [1.82, 2.24) is 9.97 Å². The summed E-state index contributed by atoms with van der Waals surface area (Å²) < 4.78 is 5.02. The van der Waals surface area contributed by atoms with Gasteiger partial charge in [-0.15, -0.1) is 0 Å². The van der Waals surface area contributed by atoms with E-state index in [1.165, 1.54) is 0 Å². The Morgan fingerprint density at radius 2 is 1.69 bits per heavy atom. The Hall–Kier alpha value is -3.41. The molecule has 6 nitrogen and oxygen atoms in total. The minimum absolute atomic E-state index is 0.173. The first-order valence-corrected chi connectivity index (χ1v) is 9.61. The first kappa shape index (κ1) is 20.3. The highest BCUT2D eigenvalue weighted by molar-refractivity contribution is 5.89. The van der Waals surface area contributed by atoms with Gasteiger partial charge in [-0.05, 0) is 52.0 Å². The van der Waals surface area contributed by atoms with Crippen molar-refractivity contribution in [1.29, 1.82) is 0 Å². The first-order valence-electron chi connectivity index (χ1n) is 9.61. The summed E-state index contributed by atoms with van der Waals surface area (Å²) in [4.78, 5) is 21.1. The molecular weight excluding hydrogens is 364 g/mol. The van der Waals surface area contributed by atoms with E-state index in [1.54, 1.807) is 19.1 Å². The standard InChI is InChI=1S/C23H26N4O2/c1-5-29-21(28)17-11-13-18(14-12-17)24-20-15-19(16-9-7-6-8-10-16)25-22(26-20)27-23(2,3)4/h6-15H,5H2,1-4H3,(H2,24,25,26,27). The molecule has 0 aliphatic heterocycles. The highest BCUT2D eigenvalue weighted by Crippen LogP contribution is 2.25. The summed E-state index contributed by atoms with van der Waals surface area (Å²) in [6, 6.07) is 19.0. The molecule has 1 aromatic heterocycles. The summed E-state index contributed by atoms with van der Waals surface area (Å²) in [6.45, 7) is 8.33. The molecule has 1 heterocycles. The normalized spacial score (nSPS) is 11.0. The number of hydrogen-bond acceptors (Lipinski definition) is 6. The van der Waals surface area contributed by atoms with E-state index in [4.69, 9.17) is 4.74 Å². The Morgan fingerprint density at radius 3 is 2.31 bits per heavy atom. The van der Waals surface area contributed by atoms with Crippen molar-refractivity contribution in [3.05, 3.63) is 66.2 Å². The van der Waals surface area contributed by atoms with Gasteiger partial charge in [0.05, 0.1) is 17.9 Å². The molecule has 0 amide bonds. The zero-order chi connectivity index (χ0) is 20.9. The molecule has 0 saturated heterocycles. The van der Waals surface area contributed by atoms with Crippen LogP contribution in [0.25, 0.3) is 11.3 Å². The maximum absolute atomic E-state index is 11.8. The second-order valence-corrected chi connectivity index (χ2v) is 7.63. The van der Waals surface area contributed by atoms with Crippen LogP contribution in [-0.2, 0) is 4.74 Å². The van der Waals surface area contributed by atoms with E-state index in [9.17, 15) is 4.79 Å². The molecular formula is C23H26N4O2. The van der Waals surface area contributed by atoms with Crippen molar-refractivity contribution in [2.75, 3.05) is 17.2 Å². The average molecular weight is 390 g/mol. The zero-order valence-electron chi connectivity index (χ0n) is 17.2. The molecule has 3 rings (SSSR count). The lowest BCUT2D eigenvalue weighted by Gasteiger charge is -2.21. The van der Waals surface area contributed by atoms with E-state index in [1.807, 2.05) is 48.5 Å². The van der Waals surface area contributed by atoms with E-state index in [2.05, 4.69) is 41.4 Å². The molecule has 0 spiro atoms. The molecule has 0 bridgehead atoms. The number of carbonyl (C=O) groups is 1. The molecule has 0 aliphatic rings. The topological polar surface area (TPSA) is 76.1 Å². The number of benzene rings is 2. The predicted molar refractivity (Wildman–Crippen MR) is 117 cm³/mol. The molecule has 150 valence electrons. The summed E-state index contributed by atoms with van der Waals surface area (Å²) in [5.74, 6) is 0.878. The first-order chi connectivity index (χ1) is 13.8. The maximum atomic E-state index is 11.8. The average Bonchev–Trinajstić information content (AvgIpc) is 2.68. The monoisotopic (exact) mass is 390 g/mol. The second kappa shape index (κ2) is 8.73. The van der Waals surface area contributed by atoms with Crippen LogP contribution >= 0.6 is 0 Å². The van der Waals surface area contributed by atoms with Crippen molar-refractivity contribution >= 4 is 23.4 Å². The second-order valence-electron chi connectivity index (χ2n) is 7.63. The predicted octanol–water partition coefficient (Wildman–Crippen LogP) is 5.27. The van der Waals surface area contributed by atoms with Crippen LogP contribution in [0.15, 0.2) is 60.7 Å². The minimum Gasteiger partial charge on any atom is -0.462 e. The molecule has 0 radical (unpaired) electrons. The largest absolute Gasteiger partial charge is 0.462 e. The van der Waals surface area contributed by atoms with E-state index < -0.39 is 0 Å². The van der Waals surface area contributed by atoms with Gasteiger partial charge in [-0.1, -0.05) is 30.3 Å². The summed E-state index contributed by atoms with van der Waals surface area (Å²) in [7, 11) is 0. The SMILES string of the molecule is CCOC(=O)c1ccc(Nc2cc(-c3ccccc3)nc(NC(C)(C)C)n2)cc1. The van der Waals surface area contributed by atoms with Crippen LogP contribution in [0.5, 0.6) is 0 Å². The van der Waals surface area contributed by atoms with Gasteiger partial charge in [0.2, 0.25) is 5.95 Å². The summed E-state index contributed by atoms with van der Waals surface area (Å²) in [6.07, 6.45) is 0.